The van der Waals surface area contributed by atoms with E-state index in [0.29, 0.717) is 10.8 Å². The van der Waals surface area contributed by atoms with E-state index in [0.717, 1.165) is 11.3 Å². The van der Waals surface area contributed by atoms with Crippen LogP contribution in [-0.4, -0.2) is 44.3 Å². The average Bonchev–Trinajstić information content (AvgIpc) is 3.16. The van der Waals surface area contributed by atoms with Crippen LogP contribution in [0.3, 0.4) is 0 Å². The van der Waals surface area contributed by atoms with Crippen LogP contribution in [0.1, 0.15) is 12.0 Å². The zero-order chi connectivity index (χ0) is 19.9. The van der Waals surface area contributed by atoms with Crippen LogP contribution < -0.4 is 10.6 Å². The number of anilines is 1. The van der Waals surface area contributed by atoms with E-state index in [1.807, 2.05) is 61.5 Å². The van der Waals surface area contributed by atoms with Gasteiger partial charge in [0.1, 0.15) is 0 Å². The highest BCUT2D eigenvalue weighted by Gasteiger charge is 2.18. The summed E-state index contributed by atoms with van der Waals surface area (Å²) in [4.78, 5) is 25.5. The number of hydrogen-bond acceptors (Lipinski definition) is 6. The van der Waals surface area contributed by atoms with Crippen molar-refractivity contribution in [3.63, 3.8) is 0 Å². The molecule has 0 fully saturated rings. The predicted molar refractivity (Wildman–Crippen MR) is 107 cm³/mol. The molecule has 28 heavy (non-hydrogen) atoms. The highest BCUT2D eigenvalue weighted by Crippen LogP contribution is 2.21. The van der Waals surface area contributed by atoms with Gasteiger partial charge in [-0.15, -0.1) is 5.10 Å². The molecule has 3 aromatic rings. The Balaban J connectivity index is 1.72. The Morgan fingerprint density at radius 1 is 1.11 bits per heavy atom. The molecule has 0 saturated carbocycles. The molecule has 2 N–H and O–H groups in total. The van der Waals surface area contributed by atoms with Gasteiger partial charge in [-0.3, -0.25) is 9.59 Å². The number of nitrogens with two attached hydrogens (primary N) is 1. The summed E-state index contributed by atoms with van der Waals surface area (Å²) in [6, 6.07) is 17.0. The van der Waals surface area contributed by atoms with E-state index >= 15 is 0 Å². The van der Waals surface area contributed by atoms with Crippen molar-refractivity contribution in [3.8, 4) is 5.69 Å². The van der Waals surface area contributed by atoms with Gasteiger partial charge in [0.25, 0.3) is 0 Å². The summed E-state index contributed by atoms with van der Waals surface area (Å²) in [7, 11) is 0. The summed E-state index contributed by atoms with van der Waals surface area (Å²) in [6.07, 6.45) is 0.0897. The zero-order valence-corrected chi connectivity index (χ0v) is 16.2. The highest BCUT2D eigenvalue weighted by atomic mass is 32.2. The Morgan fingerprint density at radius 2 is 1.82 bits per heavy atom. The number of nitrogens with zero attached hydrogens (tertiary/aromatic N) is 5. The van der Waals surface area contributed by atoms with Gasteiger partial charge in [-0.25, -0.2) is 0 Å². The van der Waals surface area contributed by atoms with Crippen LogP contribution in [0.4, 0.5) is 5.69 Å². The number of thioether (sulfide) groups is 1. The second-order valence-electron chi connectivity index (χ2n) is 6.09. The van der Waals surface area contributed by atoms with Crippen LogP contribution >= 0.6 is 11.8 Å². The van der Waals surface area contributed by atoms with Crippen LogP contribution in [-0.2, 0) is 9.59 Å². The van der Waals surface area contributed by atoms with Crippen molar-refractivity contribution in [2.24, 2.45) is 5.73 Å². The molecule has 0 spiro atoms. The molecule has 9 heteroatoms. The summed E-state index contributed by atoms with van der Waals surface area (Å²) in [5.41, 5.74) is 7.92. The number of primary amides is 1. The van der Waals surface area contributed by atoms with Crippen molar-refractivity contribution < 1.29 is 9.59 Å². The number of aromatic nitrogens is 4. The van der Waals surface area contributed by atoms with Crippen molar-refractivity contribution in [2.45, 2.75) is 18.5 Å². The van der Waals surface area contributed by atoms with E-state index in [9.17, 15) is 9.59 Å². The molecular formula is C19H20N6O2S. The van der Waals surface area contributed by atoms with E-state index in [1.165, 1.54) is 11.8 Å². The Kier molecular flexibility index (Phi) is 6.38. The number of aryl methyl sites for hydroxylation is 1. The van der Waals surface area contributed by atoms with Crippen molar-refractivity contribution in [1.82, 2.24) is 20.2 Å². The lowest BCUT2D eigenvalue weighted by Gasteiger charge is -2.22. The third-order valence-corrected chi connectivity index (χ3v) is 4.90. The number of rotatable bonds is 8. The lowest BCUT2D eigenvalue weighted by molar-refractivity contribution is -0.118. The summed E-state index contributed by atoms with van der Waals surface area (Å²) < 4.78 is 1.59. The molecule has 144 valence electrons. The predicted octanol–water partition coefficient (Wildman–Crippen LogP) is 1.97. The Bertz CT molecular complexity index is 943. The first-order valence-electron chi connectivity index (χ1n) is 8.66. The van der Waals surface area contributed by atoms with Crippen LogP contribution in [0, 0.1) is 6.92 Å². The lowest BCUT2D eigenvalue weighted by atomic mass is 10.2. The number of carbonyl (C=O) groups is 2. The van der Waals surface area contributed by atoms with E-state index in [-0.39, 0.29) is 24.6 Å². The number of amides is 2. The molecule has 0 aliphatic rings. The molecule has 1 heterocycles. The largest absolute Gasteiger partial charge is 0.370 e. The van der Waals surface area contributed by atoms with E-state index in [2.05, 4.69) is 15.5 Å². The quantitative estimate of drug-likeness (QED) is 0.584. The van der Waals surface area contributed by atoms with Gasteiger partial charge in [0.05, 0.1) is 11.4 Å². The number of hydrogen-bond donors (Lipinski definition) is 1. The van der Waals surface area contributed by atoms with Crippen molar-refractivity contribution in [1.29, 1.82) is 0 Å². The molecule has 0 saturated heterocycles. The third-order valence-electron chi connectivity index (χ3n) is 3.99. The standard InChI is InChI=1S/C19H20N6O2S/c1-14-7-9-16(10-8-14)25-19(21-22-23-25)28-13-18(27)24(12-11-17(20)26)15-5-3-2-4-6-15/h2-10H,11-13H2,1H3,(H2,20,26). The van der Waals surface area contributed by atoms with Gasteiger partial charge >= 0.3 is 0 Å². The first-order valence-corrected chi connectivity index (χ1v) is 9.65. The van der Waals surface area contributed by atoms with Crippen LogP contribution in [0.2, 0.25) is 0 Å². The fraction of sp³-hybridized carbons (Fsp3) is 0.211. The maximum Gasteiger partial charge on any atom is 0.237 e. The van der Waals surface area contributed by atoms with Crippen LogP contribution in [0.15, 0.2) is 59.8 Å². The second kappa shape index (κ2) is 9.14. The minimum atomic E-state index is -0.454. The Hall–Kier alpha value is -3.20. The maximum atomic E-state index is 12.8. The molecule has 0 atom stereocenters. The molecule has 1 aromatic heterocycles. The molecule has 2 aromatic carbocycles. The van der Waals surface area contributed by atoms with Gasteiger partial charge in [-0.2, -0.15) is 4.68 Å². The normalized spacial score (nSPS) is 10.6. The summed E-state index contributed by atoms with van der Waals surface area (Å²) in [5.74, 6) is -0.486. The van der Waals surface area contributed by atoms with Crippen molar-refractivity contribution >= 4 is 29.3 Å². The average molecular weight is 396 g/mol. The monoisotopic (exact) mass is 396 g/mol. The highest BCUT2D eigenvalue weighted by molar-refractivity contribution is 7.99. The molecule has 0 unspecified atom stereocenters. The van der Waals surface area contributed by atoms with Gasteiger partial charge < -0.3 is 10.6 Å². The second-order valence-corrected chi connectivity index (χ2v) is 7.04. The van der Waals surface area contributed by atoms with Crippen molar-refractivity contribution in [2.75, 3.05) is 17.2 Å². The molecule has 8 nitrogen and oxygen atoms in total. The molecule has 0 radical (unpaired) electrons. The van der Waals surface area contributed by atoms with Crippen LogP contribution in [0.5, 0.6) is 0 Å². The number of para-hydroxylation sites is 1. The number of tetrazole rings is 1. The minimum Gasteiger partial charge on any atom is -0.370 e. The topological polar surface area (TPSA) is 107 Å². The molecule has 0 bridgehead atoms. The molecule has 0 aliphatic carbocycles. The van der Waals surface area contributed by atoms with Gasteiger partial charge in [0.15, 0.2) is 0 Å². The molecule has 0 aliphatic heterocycles. The lowest BCUT2D eigenvalue weighted by Crippen LogP contribution is -2.35. The summed E-state index contributed by atoms with van der Waals surface area (Å²) >= 11 is 1.24. The Morgan fingerprint density at radius 3 is 2.50 bits per heavy atom. The van der Waals surface area contributed by atoms with Gasteiger partial charge in [-0.1, -0.05) is 47.7 Å². The number of benzene rings is 2. The van der Waals surface area contributed by atoms with Gasteiger partial charge in [-0.05, 0) is 41.6 Å². The fourth-order valence-electron chi connectivity index (χ4n) is 2.55. The van der Waals surface area contributed by atoms with Crippen molar-refractivity contribution in [3.05, 3.63) is 60.2 Å². The van der Waals surface area contributed by atoms with Crippen LogP contribution in [0.25, 0.3) is 5.69 Å². The smallest absolute Gasteiger partial charge is 0.237 e. The molecule has 3 rings (SSSR count). The Labute approximate surface area is 166 Å². The molecule has 2 amide bonds. The first-order chi connectivity index (χ1) is 13.5. The summed E-state index contributed by atoms with van der Waals surface area (Å²) in [6.45, 7) is 2.23. The third kappa shape index (κ3) is 4.95. The van der Waals surface area contributed by atoms with Gasteiger partial charge in [0.2, 0.25) is 17.0 Å². The first kappa shape index (κ1) is 19.6. The maximum absolute atomic E-state index is 12.8. The summed E-state index contributed by atoms with van der Waals surface area (Å²) in [5, 5.41) is 12.2. The number of carbonyl (C=O) groups excluding carboxylic acids is 2. The van der Waals surface area contributed by atoms with E-state index in [4.69, 9.17) is 5.73 Å². The van der Waals surface area contributed by atoms with E-state index < -0.39 is 5.91 Å². The SMILES string of the molecule is Cc1ccc(-n2nnnc2SCC(=O)N(CCC(N)=O)c2ccccc2)cc1. The minimum absolute atomic E-state index is 0.0897. The zero-order valence-electron chi connectivity index (χ0n) is 15.4. The van der Waals surface area contributed by atoms with Gasteiger partial charge in [0, 0.05) is 18.7 Å². The van der Waals surface area contributed by atoms with E-state index in [1.54, 1.807) is 9.58 Å². The fourth-order valence-corrected chi connectivity index (χ4v) is 3.32. The molecular weight excluding hydrogens is 376 g/mol.